The minimum atomic E-state index is -4.14. The lowest BCUT2D eigenvalue weighted by Crippen LogP contribution is -2.60. The van der Waals surface area contributed by atoms with Crippen molar-refractivity contribution in [3.8, 4) is 5.75 Å². The number of nitrogens with zero attached hydrogens (tertiary/aromatic N) is 3. The van der Waals surface area contributed by atoms with E-state index in [9.17, 15) is 26.4 Å². The number of nitrogens with one attached hydrogen (secondary N) is 1. The van der Waals surface area contributed by atoms with Crippen molar-refractivity contribution in [1.29, 1.82) is 0 Å². The van der Waals surface area contributed by atoms with Gasteiger partial charge in [0.15, 0.2) is 0 Å². The number of hydrogen-bond acceptors (Lipinski definition) is 8. The second kappa shape index (κ2) is 13.3. The van der Waals surface area contributed by atoms with Crippen LogP contribution in [-0.4, -0.2) is 69.2 Å². The van der Waals surface area contributed by atoms with E-state index in [4.69, 9.17) is 4.74 Å². The van der Waals surface area contributed by atoms with Crippen LogP contribution in [0.3, 0.4) is 0 Å². The summed E-state index contributed by atoms with van der Waals surface area (Å²) in [6, 6.07) is 28.8. The Hall–Kier alpha value is -4.69. The van der Waals surface area contributed by atoms with Crippen molar-refractivity contribution in [3.05, 3.63) is 126 Å². The van der Waals surface area contributed by atoms with Gasteiger partial charge in [-0.1, -0.05) is 54.6 Å². The first-order valence-corrected chi connectivity index (χ1v) is 16.4. The molecule has 0 saturated carbocycles. The lowest BCUT2D eigenvalue weighted by molar-refractivity contribution is -0.125. The molecule has 5 rings (SSSR count). The van der Waals surface area contributed by atoms with Crippen LogP contribution in [-0.2, 0) is 24.8 Å². The zero-order valence-corrected chi connectivity index (χ0v) is 24.9. The van der Waals surface area contributed by atoms with E-state index in [1.165, 1.54) is 30.5 Å². The van der Waals surface area contributed by atoms with Gasteiger partial charge in [-0.15, -0.1) is 0 Å². The molecule has 0 radical (unpaired) electrons. The second-order valence-corrected chi connectivity index (χ2v) is 13.5. The lowest BCUT2D eigenvalue weighted by atomic mass is 10.2. The van der Waals surface area contributed by atoms with Crippen LogP contribution in [0.15, 0.2) is 130 Å². The van der Waals surface area contributed by atoms with Crippen LogP contribution in [0.2, 0.25) is 0 Å². The molecule has 0 spiro atoms. The van der Waals surface area contributed by atoms with Crippen molar-refractivity contribution in [2.75, 3.05) is 19.6 Å². The fourth-order valence-electron chi connectivity index (χ4n) is 4.54. The Bertz CT molecular complexity index is 1850. The third-order valence-electron chi connectivity index (χ3n) is 6.82. The van der Waals surface area contributed by atoms with Gasteiger partial charge in [-0.2, -0.15) is 13.7 Å². The van der Waals surface area contributed by atoms with Crippen molar-refractivity contribution >= 4 is 38.1 Å². The van der Waals surface area contributed by atoms with Crippen molar-refractivity contribution in [3.63, 3.8) is 0 Å². The second-order valence-electron chi connectivity index (χ2n) is 9.68. The zero-order valence-electron chi connectivity index (χ0n) is 23.3. The van der Waals surface area contributed by atoms with Crippen molar-refractivity contribution < 1.29 is 31.2 Å². The molecular weight excluding hydrogens is 604 g/mol. The van der Waals surface area contributed by atoms with Crippen LogP contribution >= 0.6 is 0 Å². The lowest BCUT2D eigenvalue weighted by Gasteiger charge is -2.38. The summed E-state index contributed by atoms with van der Waals surface area (Å²) in [5.74, 6) is -1.00. The van der Waals surface area contributed by atoms with Crippen LogP contribution in [0.25, 0.3) is 0 Å². The molecule has 13 heteroatoms. The Balaban J connectivity index is 1.31. The molecule has 4 aromatic rings. The van der Waals surface area contributed by atoms with E-state index in [1.54, 1.807) is 91.0 Å². The first-order valence-electron chi connectivity index (χ1n) is 13.5. The maximum atomic E-state index is 13.5. The molecule has 1 atom stereocenters. The minimum absolute atomic E-state index is 0.0197. The van der Waals surface area contributed by atoms with Gasteiger partial charge in [0.1, 0.15) is 11.8 Å². The average Bonchev–Trinajstić information content (AvgIpc) is 3.06. The molecule has 226 valence electrons. The monoisotopic (exact) mass is 632 g/mol. The summed E-state index contributed by atoms with van der Waals surface area (Å²) in [5, 5.41) is 3.97. The van der Waals surface area contributed by atoms with Crippen LogP contribution in [0, 0.1) is 0 Å². The summed E-state index contributed by atoms with van der Waals surface area (Å²) in [6.07, 6.45) is 1.33. The van der Waals surface area contributed by atoms with Gasteiger partial charge in [0.25, 0.3) is 5.91 Å². The first kappa shape index (κ1) is 30.8. The largest absolute Gasteiger partial charge is 0.423 e. The van der Waals surface area contributed by atoms with Gasteiger partial charge >= 0.3 is 5.97 Å². The average molecular weight is 633 g/mol. The van der Waals surface area contributed by atoms with Gasteiger partial charge < -0.3 is 4.74 Å². The van der Waals surface area contributed by atoms with Gasteiger partial charge in [-0.05, 0) is 66.2 Å². The molecule has 4 aromatic carbocycles. The standard InChI is InChI=1S/C31H28N4O7S2/c36-30(33-32-22-24-16-18-26(19-17-24)42-31(37)25-10-4-1-5-11-25)29-23-34(43(38,39)27-12-6-2-7-13-27)20-21-35(29)44(40,41)28-14-8-3-9-15-28/h1-19,22,29H,20-21,23H2,(H,33,36)/b32-22-/t29-/m0/s1. The molecule has 11 nitrogen and oxygen atoms in total. The number of carbonyl (C=O) groups is 2. The summed E-state index contributed by atoms with van der Waals surface area (Å²) in [7, 11) is -8.14. The summed E-state index contributed by atoms with van der Waals surface area (Å²) in [6.45, 7) is -0.794. The molecular formula is C31H28N4O7S2. The number of amides is 1. The van der Waals surface area contributed by atoms with E-state index < -0.39 is 44.5 Å². The first-order chi connectivity index (χ1) is 21.2. The van der Waals surface area contributed by atoms with E-state index in [0.29, 0.717) is 16.9 Å². The SMILES string of the molecule is O=C(Oc1ccc(/C=N\NC(=O)[C@@H]2CN(S(=O)(=O)c3ccccc3)CCN2S(=O)(=O)c2ccccc2)cc1)c1ccccc1. The maximum absolute atomic E-state index is 13.5. The molecule has 0 unspecified atom stereocenters. The normalized spacial score (nSPS) is 16.4. The highest BCUT2D eigenvalue weighted by atomic mass is 32.2. The molecule has 1 fully saturated rings. The Labute approximate surface area is 255 Å². The van der Waals surface area contributed by atoms with Gasteiger partial charge in [-0.25, -0.2) is 27.1 Å². The molecule has 1 aliphatic rings. The zero-order chi connectivity index (χ0) is 31.2. The topological polar surface area (TPSA) is 143 Å². The summed E-state index contributed by atoms with van der Waals surface area (Å²) in [4.78, 5) is 25.7. The maximum Gasteiger partial charge on any atom is 0.343 e. The third kappa shape index (κ3) is 6.92. The highest BCUT2D eigenvalue weighted by Crippen LogP contribution is 2.25. The number of hydrogen-bond donors (Lipinski definition) is 1. The van der Waals surface area contributed by atoms with E-state index in [1.807, 2.05) is 0 Å². The Morgan fingerprint density at radius 1 is 0.727 bits per heavy atom. The smallest absolute Gasteiger partial charge is 0.343 e. The Morgan fingerprint density at radius 2 is 1.27 bits per heavy atom. The summed E-state index contributed by atoms with van der Waals surface area (Å²) >= 11 is 0. The molecule has 1 amide bonds. The minimum Gasteiger partial charge on any atom is -0.423 e. The quantitative estimate of drug-likeness (QED) is 0.129. The Morgan fingerprint density at radius 3 is 1.86 bits per heavy atom. The van der Waals surface area contributed by atoms with Crippen molar-refractivity contribution in [1.82, 2.24) is 14.0 Å². The fourth-order valence-corrected chi connectivity index (χ4v) is 7.59. The predicted molar refractivity (Wildman–Crippen MR) is 163 cm³/mol. The number of carbonyl (C=O) groups excluding carboxylic acids is 2. The molecule has 1 aliphatic heterocycles. The van der Waals surface area contributed by atoms with Crippen LogP contribution in [0.4, 0.5) is 0 Å². The van der Waals surface area contributed by atoms with Crippen molar-refractivity contribution in [2.24, 2.45) is 5.10 Å². The fraction of sp³-hybridized carbons (Fsp3) is 0.129. The number of rotatable bonds is 9. The highest BCUT2D eigenvalue weighted by molar-refractivity contribution is 7.89. The third-order valence-corrected chi connectivity index (χ3v) is 10.6. The van der Waals surface area contributed by atoms with E-state index in [0.717, 1.165) is 8.61 Å². The molecule has 44 heavy (non-hydrogen) atoms. The molecule has 0 bridgehead atoms. The molecule has 1 N–H and O–H groups in total. The van der Waals surface area contributed by atoms with Crippen LogP contribution in [0.1, 0.15) is 15.9 Å². The number of sulfonamides is 2. The Kier molecular flexibility index (Phi) is 9.30. The summed E-state index contributed by atoms with van der Waals surface area (Å²) < 4.78 is 61.2. The molecule has 1 heterocycles. The van der Waals surface area contributed by atoms with Gasteiger partial charge in [0.05, 0.1) is 21.6 Å². The van der Waals surface area contributed by atoms with Crippen LogP contribution in [0.5, 0.6) is 5.75 Å². The van der Waals surface area contributed by atoms with Crippen molar-refractivity contribution in [2.45, 2.75) is 15.8 Å². The molecule has 1 saturated heterocycles. The number of piperazine rings is 1. The summed E-state index contributed by atoms with van der Waals surface area (Å²) in [5.41, 5.74) is 3.31. The number of ether oxygens (including phenoxy) is 1. The van der Waals surface area contributed by atoms with E-state index >= 15 is 0 Å². The van der Waals surface area contributed by atoms with Gasteiger partial charge in [0, 0.05) is 19.6 Å². The molecule has 0 aromatic heterocycles. The number of benzene rings is 4. The van der Waals surface area contributed by atoms with Crippen LogP contribution < -0.4 is 10.2 Å². The predicted octanol–water partition coefficient (Wildman–Crippen LogP) is 3.12. The number of esters is 1. The molecule has 0 aliphatic carbocycles. The number of hydrazone groups is 1. The highest BCUT2D eigenvalue weighted by Gasteiger charge is 2.43. The van der Waals surface area contributed by atoms with Gasteiger partial charge in [0.2, 0.25) is 20.0 Å². The van der Waals surface area contributed by atoms with E-state index in [2.05, 4.69) is 10.5 Å². The van der Waals surface area contributed by atoms with E-state index in [-0.39, 0.29) is 22.9 Å². The van der Waals surface area contributed by atoms with Gasteiger partial charge in [-0.3, -0.25) is 4.79 Å².